The predicted molar refractivity (Wildman–Crippen MR) is 89.6 cm³/mol. The van der Waals surface area contributed by atoms with E-state index in [1.807, 2.05) is 0 Å². The summed E-state index contributed by atoms with van der Waals surface area (Å²) in [6, 6.07) is 8.30. The van der Waals surface area contributed by atoms with E-state index in [4.69, 9.17) is 4.74 Å². The highest BCUT2D eigenvalue weighted by Crippen LogP contribution is 2.44. The first-order valence-electron chi connectivity index (χ1n) is 8.76. The number of carbonyl (C=O) groups excluding carboxylic acids is 1. The molecule has 1 heterocycles. The van der Waals surface area contributed by atoms with Crippen LogP contribution in [0.3, 0.4) is 0 Å². The number of rotatable bonds is 5. The summed E-state index contributed by atoms with van der Waals surface area (Å²) >= 11 is 0. The fourth-order valence-corrected chi connectivity index (χ4v) is 3.52. The minimum Gasteiger partial charge on any atom is -0.481 e. The number of amides is 1. The van der Waals surface area contributed by atoms with E-state index in [2.05, 4.69) is 31.2 Å². The van der Waals surface area contributed by atoms with Crippen LogP contribution in [-0.2, 0) is 20.7 Å². The van der Waals surface area contributed by atoms with Crippen LogP contribution >= 0.6 is 0 Å². The second-order valence-corrected chi connectivity index (χ2v) is 6.91. The van der Waals surface area contributed by atoms with Crippen molar-refractivity contribution in [1.29, 1.82) is 0 Å². The van der Waals surface area contributed by atoms with Crippen LogP contribution in [0.2, 0.25) is 0 Å². The van der Waals surface area contributed by atoms with Crippen molar-refractivity contribution in [3.05, 3.63) is 35.4 Å². The van der Waals surface area contributed by atoms with Crippen molar-refractivity contribution < 1.29 is 19.4 Å². The van der Waals surface area contributed by atoms with Crippen LogP contribution in [-0.4, -0.2) is 41.6 Å². The summed E-state index contributed by atoms with van der Waals surface area (Å²) in [4.78, 5) is 25.8. The average molecular weight is 331 g/mol. The van der Waals surface area contributed by atoms with Crippen molar-refractivity contribution in [3.63, 3.8) is 0 Å². The minimum atomic E-state index is -0.831. The van der Waals surface area contributed by atoms with Gasteiger partial charge in [0.25, 0.3) is 0 Å². The molecule has 1 N–H and O–H groups in total. The Morgan fingerprint density at radius 2 is 2.00 bits per heavy atom. The van der Waals surface area contributed by atoms with Gasteiger partial charge in [-0.3, -0.25) is 9.59 Å². The topological polar surface area (TPSA) is 66.8 Å². The van der Waals surface area contributed by atoms with Crippen molar-refractivity contribution in [2.45, 2.75) is 45.1 Å². The lowest BCUT2D eigenvalue weighted by molar-refractivity contribution is -0.161. The number of morpholine rings is 1. The predicted octanol–water partition coefficient (Wildman–Crippen LogP) is 2.79. The molecule has 0 bridgehead atoms. The summed E-state index contributed by atoms with van der Waals surface area (Å²) in [6.45, 7) is 3.65. The Balaban J connectivity index is 1.64. The van der Waals surface area contributed by atoms with Gasteiger partial charge in [0.05, 0.1) is 18.6 Å². The Kier molecular flexibility index (Phi) is 4.90. The van der Waals surface area contributed by atoms with E-state index in [1.165, 1.54) is 5.56 Å². The van der Waals surface area contributed by atoms with Gasteiger partial charge in [-0.15, -0.1) is 0 Å². The summed E-state index contributed by atoms with van der Waals surface area (Å²) < 4.78 is 5.83. The van der Waals surface area contributed by atoms with Crippen LogP contribution in [0.5, 0.6) is 0 Å². The van der Waals surface area contributed by atoms with Gasteiger partial charge in [-0.05, 0) is 30.4 Å². The molecule has 3 rings (SSSR count). The Hall–Kier alpha value is -1.88. The number of aryl methyl sites for hydroxylation is 1. The third-order valence-corrected chi connectivity index (χ3v) is 5.43. The second kappa shape index (κ2) is 6.93. The Morgan fingerprint density at radius 1 is 1.29 bits per heavy atom. The van der Waals surface area contributed by atoms with E-state index in [-0.39, 0.29) is 18.4 Å². The van der Waals surface area contributed by atoms with E-state index in [9.17, 15) is 14.7 Å². The Labute approximate surface area is 142 Å². The summed E-state index contributed by atoms with van der Waals surface area (Å²) in [7, 11) is 0. The number of carbonyl (C=O) groups is 2. The molecule has 24 heavy (non-hydrogen) atoms. The first kappa shape index (κ1) is 17.0. The number of carboxylic acids is 1. The van der Waals surface area contributed by atoms with Crippen molar-refractivity contribution in [1.82, 2.24) is 4.90 Å². The normalized spacial score (nSPS) is 22.7. The Bertz CT molecular complexity index is 606. The second-order valence-electron chi connectivity index (χ2n) is 6.91. The molecular formula is C19H25NO4. The van der Waals surface area contributed by atoms with Crippen molar-refractivity contribution in [2.75, 3.05) is 19.7 Å². The van der Waals surface area contributed by atoms with E-state index in [0.29, 0.717) is 32.5 Å². The average Bonchev–Trinajstić information content (AvgIpc) is 2.57. The van der Waals surface area contributed by atoms with Gasteiger partial charge in [-0.1, -0.05) is 37.6 Å². The molecule has 1 atom stereocenters. The lowest BCUT2D eigenvalue weighted by Crippen LogP contribution is -2.47. The summed E-state index contributed by atoms with van der Waals surface area (Å²) in [5, 5.41) is 9.41. The molecule has 1 aliphatic heterocycles. The zero-order chi connectivity index (χ0) is 17.2. The third kappa shape index (κ3) is 3.31. The summed E-state index contributed by atoms with van der Waals surface area (Å²) in [5.74, 6) is -0.891. The van der Waals surface area contributed by atoms with Crippen LogP contribution in [0, 0.1) is 5.41 Å². The van der Waals surface area contributed by atoms with Gasteiger partial charge in [0, 0.05) is 13.0 Å². The van der Waals surface area contributed by atoms with E-state index in [0.717, 1.165) is 18.4 Å². The smallest absolute Gasteiger partial charge is 0.310 e. The van der Waals surface area contributed by atoms with Crippen LogP contribution in [0.25, 0.3) is 0 Å². The molecule has 5 heteroatoms. The molecule has 0 spiro atoms. The molecule has 1 aromatic rings. The van der Waals surface area contributed by atoms with Gasteiger partial charge >= 0.3 is 5.97 Å². The fraction of sp³-hybridized carbons (Fsp3) is 0.579. The number of ether oxygens (including phenoxy) is 1. The largest absolute Gasteiger partial charge is 0.481 e. The SMILES string of the molecule is CCc1ccc(C2CN(C(=O)CC3(C(=O)O)CCC3)CCO2)cc1. The van der Waals surface area contributed by atoms with E-state index >= 15 is 0 Å². The maximum absolute atomic E-state index is 12.6. The molecule has 5 nitrogen and oxygen atoms in total. The zero-order valence-electron chi connectivity index (χ0n) is 14.2. The molecule has 1 aromatic carbocycles. The van der Waals surface area contributed by atoms with E-state index in [1.54, 1.807) is 4.90 Å². The summed E-state index contributed by atoms with van der Waals surface area (Å²) in [5.41, 5.74) is 1.52. The molecule has 1 saturated carbocycles. The zero-order valence-corrected chi connectivity index (χ0v) is 14.2. The molecule has 1 amide bonds. The van der Waals surface area contributed by atoms with Gasteiger partial charge in [-0.25, -0.2) is 0 Å². The maximum atomic E-state index is 12.6. The van der Waals surface area contributed by atoms with Crippen LogP contribution in [0.4, 0.5) is 0 Å². The lowest BCUT2D eigenvalue weighted by atomic mass is 9.66. The van der Waals surface area contributed by atoms with Crippen LogP contribution in [0.15, 0.2) is 24.3 Å². The molecule has 1 aliphatic carbocycles. The van der Waals surface area contributed by atoms with Gasteiger partial charge in [0.2, 0.25) is 5.91 Å². The fourth-order valence-electron chi connectivity index (χ4n) is 3.52. The molecular weight excluding hydrogens is 306 g/mol. The number of hydrogen-bond acceptors (Lipinski definition) is 3. The minimum absolute atomic E-state index is 0.0596. The monoisotopic (exact) mass is 331 g/mol. The van der Waals surface area contributed by atoms with Gasteiger partial charge in [0.1, 0.15) is 6.10 Å². The highest BCUT2D eigenvalue weighted by molar-refractivity contribution is 5.85. The number of nitrogens with zero attached hydrogens (tertiary/aromatic N) is 1. The molecule has 130 valence electrons. The van der Waals surface area contributed by atoms with Gasteiger partial charge in [0.15, 0.2) is 0 Å². The van der Waals surface area contributed by atoms with Crippen molar-refractivity contribution in [3.8, 4) is 0 Å². The van der Waals surface area contributed by atoms with E-state index < -0.39 is 11.4 Å². The maximum Gasteiger partial charge on any atom is 0.310 e. The number of carboxylic acid groups (broad SMARTS) is 1. The molecule has 1 saturated heterocycles. The van der Waals surface area contributed by atoms with Crippen LogP contribution in [0.1, 0.15) is 49.8 Å². The first-order valence-corrected chi connectivity index (χ1v) is 8.76. The highest BCUT2D eigenvalue weighted by atomic mass is 16.5. The third-order valence-electron chi connectivity index (χ3n) is 5.43. The molecule has 0 radical (unpaired) electrons. The quantitative estimate of drug-likeness (QED) is 0.901. The standard InChI is InChI=1S/C19H25NO4/c1-2-14-4-6-15(7-5-14)16-13-20(10-11-24-16)17(21)12-19(18(22)23)8-3-9-19/h4-7,16H,2-3,8-13H2,1H3,(H,22,23). The van der Waals surface area contributed by atoms with Gasteiger partial charge < -0.3 is 14.7 Å². The van der Waals surface area contributed by atoms with Gasteiger partial charge in [-0.2, -0.15) is 0 Å². The first-order chi connectivity index (χ1) is 11.5. The van der Waals surface area contributed by atoms with Crippen molar-refractivity contribution in [2.24, 2.45) is 5.41 Å². The summed E-state index contributed by atoms with van der Waals surface area (Å²) in [6.07, 6.45) is 3.10. The number of hydrogen-bond donors (Lipinski definition) is 1. The highest BCUT2D eigenvalue weighted by Gasteiger charge is 2.46. The molecule has 1 unspecified atom stereocenters. The van der Waals surface area contributed by atoms with Crippen LogP contribution < -0.4 is 0 Å². The molecule has 2 fully saturated rings. The molecule has 2 aliphatic rings. The Morgan fingerprint density at radius 3 is 2.54 bits per heavy atom. The number of aliphatic carboxylic acids is 1. The molecule has 0 aromatic heterocycles. The number of benzene rings is 1. The van der Waals surface area contributed by atoms with Crippen molar-refractivity contribution >= 4 is 11.9 Å². The lowest BCUT2D eigenvalue weighted by Gasteiger charge is -2.40.